The summed E-state index contributed by atoms with van der Waals surface area (Å²) in [5.74, 6) is 1.87. The maximum atomic E-state index is 12.3. The average molecular weight is 415 g/mol. The van der Waals surface area contributed by atoms with Crippen LogP contribution >= 0.6 is 0 Å². The van der Waals surface area contributed by atoms with Crippen molar-refractivity contribution < 1.29 is 13.2 Å². The number of hydrogen-bond donors (Lipinski definition) is 2. The molecule has 0 spiro atoms. The van der Waals surface area contributed by atoms with E-state index >= 15 is 0 Å². The van der Waals surface area contributed by atoms with Crippen molar-refractivity contribution in [2.24, 2.45) is 0 Å². The molecule has 4 rings (SSSR count). The summed E-state index contributed by atoms with van der Waals surface area (Å²) in [7, 11) is -3.43. The van der Waals surface area contributed by atoms with Gasteiger partial charge in [0.15, 0.2) is 5.82 Å². The number of nitrogen functional groups attached to an aromatic ring is 1. The van der Waals surface area contributed by atoms with Gasteiger partial charge in [0, 0.05) is 12.3 Å². The third kappa shape index (κ3) is 4.14. The molecule has 0 bridgehead atoms. The Hall–Kier alpha value is -3.21. The minimum atomic E-state index is -3.43. The highest BCUT2D eigenvalue weighted by Crippen LogP contribution is 2.30. The van der Waals surface area contributed by atoms with Gasteiger partial charge in [0.25, 0.3) is 10.0 Å². The second kappa shape index (κ2) is 7.32. The molecule has 0 radical (unpaired) electrons. The van der Waals surface area contributed by atoms with Gasteiger partial charge in [0.1, 0.15) is 17.4 Å². The lowest BCUT2D eigenvalue weighted by atomic mass is 10.3. The molecule has 1 aliphatic rings. The Morgan fingerprint density at radius 2 is 2.03 bits per heavy atom. The molecule has 3 aromatic rings. The van der Waals surface area contributed by atoms with E-state index < -0.39 is 10.0 Å². The smallest absolute Gasteiger partial charge is 0.256 e. The van der Waals surface area contributed by atoms with Gasteiger partial charge in [-0.2, -0.15) is 9.19 Å². The maximum absolute atomic E-state index is 12.3. The molecule has 1 aliphatic carbocycles. The number of hydrogen-bond acceptors (Lipinski definition) is 9. The van der Waals surface area contributed by atoms with Gasteiger partial charge in [-0.1, -0.05) is 0 Å². The molecule has 152 valence electrons. The SMILES string of the molecule is CC(C)Oc1cc(Nc2ccnc(-c3cnn(S(=O)(=O)C4CC4)c3)n2)ncc1N. The zero-order valence-electron chi connectivity index (χ0n) is 16.0. The molecule has 0 aliphatic heterocycles. The van der Waals surface area contributed by atoms with Crippen LogP contribution in [0.2, 0.25) is 0 Å². The fraction of sp³-hybridized carbons (Fsp3) is 0.333. The highest BCUT2D eigenvalue weighted by atomic mass is 32.2. The summed E-state index contributed by atoms with van der Waals surface area (Å²) < 4.78 is 31.3. The zero-order valence-corrected chi connectivity index (χ0v) is 16.8. The topological polar surface area (TPSA) is 138 Å². The van der Waals surface area contributed by atoms with Crippen molar-refractivity contribution in [2.75, 3.05) is 11.1 Å². The van der Waals surface area contributed by atoms with Crippen LogP contribution in [0.15, 0.2) is 36.9 Å². The van der Waals surface area contributed by atoms with E-state index in [4.69, 9.17) is 10.5 Å². The van der Waals surface area contributed by atoms with Crippen LogP contribution in [0.3, 0.4) is 0 Å². The lowest BCUT2D eigenvalue weighted by Gasteiger charge is -2.13. The first-order valence-electron chi connectivity index (χ1n) is 9.14. The molecule has 0 aromatic carbocycles. The summed E-state index contributed by atoms with van der Waals surface area (Å²) in [6.07, 6.45) is 7.27. The minimum Gasteiger partial charge on any atom is -0.489 e. The van der Waals surface area contributed by atoms with Crippen molar-refractivity contribution in [3.63, 3.8) is 0 Å². The molecular formula is C18H21N7O3S. The third-order valence-electron chi connectivity index (χ3n) is 4.19. The number of ether oxygens (including phenoxy) is 1. The number of anilines is 3. The molecule has 3 heterocycles. The van der Waals surface area contributed by atoms with Crippen molar-refractivity contribution in [1.29, 1.82) is 0 Å². The monoisotopic (exact) mass is 415 g/mol. The van der Waals surface area contributed by atoms with E-state index in [9.17, 15) is 8.42 Å². The lowest BCUT2D eigenvalue weighted by Crippen LogP contribution is -2.17. The van der Waals surface area contributed by atoms with E-state index in [1.807, 2.05) is 13.8 Å². The van der Waals surface area contributed by atoms with E-state index in [1.165, 1.54) is 18.6 Å². The summed E-state index contributed by atoms with van der Waals surface area (Å²) in [5.41, 5.74) is 6.84. The molecule has 29 heavy (non-hydrogen) atoms. The van der Waals surface area contributed by atoms with E-state index in [0.29, 0.717) is 47.3 Å². The number of pyridine rings is 1. The number of aromatic nitrogens is 5. The fourth-order valence-electron chi connectivity index (χ4n) is 2.65. The van der Waals surface area contributed by atoms with E-state index in [-0.39, 0.29) is 11.4 Å². The Labute approximate surface area is 168 Å². The molecule has 0 atom stereocenters. The van der Waals surface area contributed by atoms with E-state index in [1.54, 1.807) is 18.3 Å². The summed E-state index contributed by atoms with van der Waals surface area (Å²) in [6, 6.07) is 3.37. The molecule has 1 fully saturated rings. The lowest BCUT2D eigenvalue weighted by molar-refractivity contribution is 0.244. The van der Waals surface area contributed by atoms with E-state index in [2.05, 4.69) is 25.4 Å². The number of nitrogens with two attached hydrogens (primary N) is 1. The molecule has 3 aromatic heterocycles. The Morgan fingerprint density at radius 3 is 2.76 bits per heavy atom. The highest BCUT2D eigenvalue weighted by Gasteiger charge is 2.37. The van der Waals surface area contributed by atoms with Crippen molar-refractivity contribution >= 4 is 27.3 Å². The predicted molar refractivity (Wildman–Crippen MR) is 108 cm³/mol. The van der Waals surface area contributed by atoms with Gasteiger partial charge < -0.3 is 15.8 Å². The number of nitrogens with zero attached hydrogens (tertiary/aromatic N) is 5. The van der Waals surface area contributed by atoms with Gasteiger partial charge in [-0.05, 0) is 32.8 Å². The summed E-state index contributed by atoms with van der Waals surface area (Å²) in [5, 5.41) is 6.71. The predicted octanol–water partition coefficient (Wildman–Crippen LogP) is 2.19. The van der Waals surface area contributed by atoms with E-state index in [0.717, 1.165) is 4.09 Å². The second-order valence-corrected chi connectivity index (χ2v) is 9.08. The summed E-state index contributed by atoms with van der Waals surface area (Å²) >= 11 is 0. The first kappa shape index (κ1) is 19.1. The van der Waals surface area contributed by atoms with Gasteiger partial charge in [0.2, 0.25) is 0 Å². The second-order valence-electron chi connectivity index (χ2n) is 7.01. The third-order valence-corrected chi connectivity index (χ3v) is 6.23. The van der Waals surface area contributed by atoms with Crippen molar-refractivity contribution in [2.45, 2.75) is 38.0 Å². The van der Waals surface area contributed by atoms with Gasteiger partial charge in [-0.15, -0.1) is 0 Å². The summed E-state index contributed by atoms with van der Waals surface area (Å²) in [4.78, 5) is 12.9. The average Bonchev–Trinajstić information content (AvgIpc) is 3.42. The van der Waals surface area contributed by atoms with Crippen LogP contribution in [-0.2, 0) is 10.0 Å². The van der Waals surface area contributed by atoms with Crippen LogP contribution in [0, 0.1) is 0 Å². The van der Waals surface area contributed by atoms with Crippen LogP contribution in [-0.4, -0.2) is 43.9 Å². The maximum Gasteiger partial charge on any atom is 0.256 e. The molecule has 1 saturated carbocycles. The zero-order chi connectivity index (χ0) is 20.6. The summed E-state index contributed by atoms with van der Waals surface area (Å²) in [6.45, 7) is 3.82. The molecule has 0 amide bonds. The first-order chi connectivity index (χ1) is 13.8. The van der Waals surface area contributed by atoms with Crippen LogP contribution in [0.4, 0.5) is 17.3 Å². The molecule has 11 heteroatoms. The van der Waals surface area contributed by atoms with Crippen LogP contribution < -0.4 is 15.8 Å². The van der Waals surface area contributed by atoms with Crippen LogP contribution in [0.1, 0.15) is 26.7 Å². The van der Waals surface area contributed by atoms with Gasteiger partial charge in [-0.25, -0.2) is 23.4 Å². The minimum absolute atomic E-state index is 0.0262. The van der Waals surface area contributed by atoms with Crippen molar-refractivity contribution in [3.8, 4) is 17.1 Å². The normalized spacial score (nSPS) is 14.2. The number of nitrogens with one attached hydrogen (secondary N) is 1. The molecule has 0 unspecified atom stereocenters. The molecular weight excluding hydrogens is 394 g/mol. The molecule has 10 nitrogen and oxygen atoms in total. The Balaban J connectivity index is 1.56. The quantitative estimate of drug-likeness (QED) is 0.594. The highest BCUT2D eigenvalue weighted by molar-refractivity contribution is 7.90. The Morgan fingerprint density at radius 1 is 1.24 bits per heavy atom. The number of rotatable bonds is 7. The fourth-order valence-corrected chi connectivity index (χ4v) is 4.12. The van der Waals surface area contributed by atoms with Gasteiger partial charge >= 0.3 is 0 Å². The standard InChI is InChI=1S/C18H21N7O3S/c1-11(2)28-15-7-17(21-9-14(15)19)23-16-5-6-20-18(24-16)12-8-22-25(10-12)29(26,27)13-3-4-13/h5-11,13H,3-4,19H2,1-2H3,(H,20,21,23,24). The Bertz CT molecular complexity index is 1140. The first-order valence-corrected chi connectivity index (χ1v) is 10.6. The largest absolute Gasteiger partial charge is 0.489 e. The van der Waals surface area contributed by atoms with Gasteiger partial charge in [-0.3, -0.25) is 0 Å². The van der Waals surface area contributed by atoms with Crippen LogP contribution in [0.5, 0.6) is 5.75 Å². The van der Waals surface area contributed by atoms with Crippen LogP contribution in [0.25, 0.3) is 11.4 Å². The molecule has 0 saturated heterocycles. The van der Waals surface area contributed by atoms with Crippen molar-refractivity contribution in [1.82, 2.24) is 24.1 Å². The van der Waals surface area contributed by atoms with Crippen molar-refractivity contribution in [3.05, 3.63) is 36.9 Å². The molecule has 3 N–H and O–H groups in total. The Kier molecular flexibility index (Phi) is 4.82. The van der Waals surface area contributed by atoms with Gasteiger partial charge in [0.05, 0.1) is 41.2 Å².